The predicted molar refractivity (Wildman–Crippen MR) is 131 cm³/mol. The molecule has 0 saturated heterocycles. The van der Waals surface area contributed by atoms with Crippen LogP contribution >= 0.6 is 11.6 Å². The van der Waals surface area contributed by atoms with Crippen molar-refractivity contribution in [1.29, 1.82) is 0 Å². The van der Waals surface area contributed by atoms with Gasteiger partial charge >= 0.3 is 0 Å². The Balaban J connectivity index is 1.48. The lowest BCUT2D eigenvalue weighted by atomic mass is 9.81. The van der Waals surface area contributed by atoms with Crippen LogP contribution in [-0.4, -0.2) is 12.5 Å². The largest absolute Gasteiger partial charge is 0.489 e. The van der Waals surface area contributed by atoms with Crippen molar-refractivity contribution in [3.05, 3.63) is 107 Å². The quantitative estimate of drug-likeness (QED) is 0.335. The average Bonchev–Trinajstić information content (AvgIpc) is 2.83. The van der Waals surface area contributed by atoms with Crippen molar-refractivity contribution in [2.45, 2.75) is 25.9 Å². The van der Waals surface area contributed by atoms with Crippen LogP contribution in [0.15, 0.2) is 84.9 Å². The van der Waals surface area contributed by atoms with Crippen molar-refractivity contribution in [3.63, 3.8) is 0 Å². The molecule has 0 spiro atoms. The molecule has 4 aromatic carbocycles. The van der Waals surface area contributed by atoms with E-state index in [0.717, 1.165) is 22.6 Å². The molecule has 4 aromatic rings. The Labute approximate surface area is 193 Å². The molecule has 1 unspecified atom stereocenters. The molecule has 32 heavy (non-hydrogen) atoms. The number of rotatable bonds is 5. The molecule has 0 N–H and O–H groups in total. The number of nitrogens with zero attached hydrogens (tertiary/aromatic N) is 1. The molecule has 0 bridgehead atoms. The number of fused-ring (bicyclic) bond motifs is 3. The highest BCUT2D eigenvalue weighted by Gasteiger charge is 2.32. The fraction of sp³-hybridized carbons (Fsp3) is 0.179. The molecule has 1 aliphatic rings. The zero-order valence-electron chi connectivity index (χ0n) is 17.9. The van der Waals surface area contributed by atoms with E-state index in [9.17, 15) is 4.79 Å². The summed E-state index contributed by atoms with van der Waals surface area (Å²) in [6, 6.07) is 28.4. The minimum atomic E-state index is 0.0176. The summed E-state index contributed by atoms with van der Waals surface area (Å²) in [5.41, 5.74) is 4.33. The Morgan fingerprint density at radius 1 is 0.938 bits per heavy atom. The highest BCUT2D eigenvalue weighted by atomic mass is 35.5. The van der Waals surface area contributed by atoms with Crippen molar-refractivity contribution in [3.8, 4) is 5.75 Å². The van der Waals surface area contributed by atoms with Gasteiger partial charge in [-0.3, -0.25) is 4.79 Å². The van der Waals surface area contributed by atoms with Gasteiger partial charge in [0.05, 0.1) is 0 Å². The number of hydrogen-bond donors (Lipinski definition) is 0. The first-order chi connectivity index (χ1) is 15.7. The number of benzene rings is 4. The smallest absolute Gasteiger partial charge is 0.227 e. The second kappa shape index (κ2) is 8.68. The normalized spacial score (nSPS) is 15.6. The van der Waals surface area contributed by atoms with E-state index in [1.807, 2.05) is 48.2 Å². The Hall–Kier alpha value is -3.30. The molecule has 1 heterocycles. The molecule has 0 radical (unpaired) electrons. The van der Waals surface area contributed by atoms with Gasteiger partial charge in [0.1, 0.15) is 12.4 Å². The van der Waals surface area contributed by atoms with Crippen molar-refractivity contribution in [2.24, 2.45) is 0 Å². The maximum atomic E-state index is 13.0. The van der Waals surface area contributed by atoms with Gasteiger partial charge in [-0.05, 0) is 53.1 Å². The molecule has 1 atom stereocenters. The van der Waals surface area contributed by atoms with E-state index in [0.29, 0.717) is 24.6 Å². The highest BCUT2D eigenvalue weighted by molar-refractivity contribution is 6.31. The van der Waals surface area contributed by atoms with Crippen LogP contribution in [0.25, 0.3) is 10.8 Å². The molecule has 0 fully saturated rings. The lowest BCUT2D eigenvalue weighted by molar-refractivity contribution is -0.119. The first-order valence-electron chi connectivity index (χ1n) is 10.9. The zero-order chi connectivity index (χ0) is 22.1. The van der Waals surface area contributed by atoms with E-state index in [1.165, 1.54) is 16.3 Å². The first-order valence-corrected chi connectivity index (χ1v) is 11.3. The third-order valence-electron chi connectivity index (χ3n) is 6.22. The Morgan fingerprint density at radius 3 is 2.47 bits per heavy atom. The van der Waals surface area contributed by atoms with Crippen LogP contribution in [0.1, 0.15) is 36.0 Å². The molecular formula is C28H24ClNO2. The van der Waals surface area contributed by atoms with Gasteiger partial charge in [-0.1, -0.05) is 72.3 Å². The number of amides is 1. The third-order valence-corrected chi connectivity index (χ3v) is 6.59. The van der Waals surface area contributed by atoms with Crippen molar-refractivity contribution >= 4 is 34.0 Å². The summed E-state index contributed by atoms with van der Waals surface area (Å²) < 4.78 is 5.95. The summed E-state index contributed by atoms with van der Waals surface area (Å²) in [5, 5.41) is 3.11. The molecule has 0 saturated carbocycles. The van der Waals surface area contributed by atoms with Gasteiger partial charge < -0.3 is 9.64 Å². The average molecular weight is 442 g/mol. The lowest BCUT2D eigenvalue weighted by Crippen LogP contribution is -2.36. The van der Waals surface area contributed by atoms with Gasteiger partial charge in [0.25, 0.3) is 0 Å². The van der Waals surface area contributed by atoms with E-state index in [1.54, 1.807) is 0 Å². The summed E-state index contributed by atoms with van der Waals surface area (Å²) in [7, 11) is 0. The number of hydrogen-bond acceptors (Lipinski definition) is 2. The van der Waals surface area contributed by atoms with E-state index >= 15 is 0 Å². The Bertz CT molecular complexity index is 1280. The molecular weight excluding hydrogens is 418 g/mol. The minimum Gasteiger partial charge on any atom is -0.489 e. The predicted octanol–water partition coefficient (Wildman–Crippen LogP) is 6.96. The van der Waals surface area contributed by atoms with Crippen LogP contribution in [-0.2, 0) is 11.4 Å². The van der Waals surface area contributed by atoms with Crippen LogP contribution in [0.3, 0.4) is 0 Å². The SMILES string of the molecule is CCN1C(=O)CC(c2ccc(OCc3ccccc3Cl)cc2)c2c1ccc1ccccc21. The molecule has 0 aromatic heterocycles. The maximum Gasteiger partial charge on any atom is 0.227 e. The molecule has 0 aliphatic carbocycles. The van der Waals surface area contributed by atoms with E-state index < -0.39 is 0 Å². The topological polar surface area (TPSA) is 29.5 Å². The van der Waals surface area contributed by atoms with Gasteiger partial charge in [0.15, 0.2) is 0 Å². The van der Waals surface area contributed by atoms with Crippen molar-refractivity contribution in [1.82, 2.24) is 0 Å². The van der Waals surface area contributed by atoms with Crippen LogP contribution in [0.4, 0.5) is 5.69 Å². The summed E-state index contributed by atoms with van der Waals surface area (Å²) in [6.07, 6.45) is 0.467. The number of ether oxygens (including phenoxy) is 1. The van der Waals surface area contributed by atoms with E-state index in [2.05, 4.69) is 48.5 Å². The van der Waals surface area contributed by atoms with Gasteiger partial charge in [-0.15, -0.1) is 0 Å². The zero-order valence-corrected chi connectivity index (χ0v) is 18.7. The van der Waals surface area contributed by atoms with Gasteiger partial charge in [0, 0.05) is 35.2 Å². The molecule has 5 rings (SSSR count). The first kappa shape index (κ1) is 20.6. The fourth-order valence-corrected chi connectivity index (χ4v) is 4.80. The second-order valence-corrected chi connectivity index (χ2v) is 8.47. The maximum absolute atomic E-state index is 13.0. The van der Waals surface area contributed by atoms with Gasteiger partial charge in [0.2, 0.25) is 5.91 Å². The molecule has 1 aliphatic heterocycles. The summed E-state index contributed by atoms with van der Waals surface area (Å²) in [6.45, 7) is 3.12. The molecule has 1 amide bonds. The van der Waals surface area contributed by atoms with Crippen LogP contribution in [0.2, 0.25) is 5.02 Å². The standard InChI is InChI=1S/C28H24ClNO2/c1-2-30-26-16-13-19-7-3-5-9-23(19)28(26)24(17-27(30)31)20-11-14-22(15-12-20)32-18-21-8-4-6-10-25(21)29/h3-16,24H,2,17-18H2,1H3. The Morgan fingerprint density at radius 2 is 1.69 bits per heavy atom. The van der Waals surface area contributed by atoms with Crippen LogP contribution < -0.4 is 9.64 Å². The molecule has 4 heteroatoms. The number of halogens is 1. The summed E-state index contributed by atoms with van der Waals surface area (Å²) >= 11 is 6.23. The molecule has 3 nitrogen and oxygen atoms in total. The van der Waals surface area contributed by atoms with E-state index in [-0.39, 0.29) is 11.8 Å². The Kier molecular flexibility index (Phi) is 5.59. The lowest BCUT2D eigenvalue weighted by Gasteiger charge is -2.34. The molecule has 160 valence electrons. The third kappa shape index (κ3) is 3.74. The van der Waals surface area contributed by atoms with Crippen LogP contribution in [0, 0.1) is 0 Å². The number of carbonyl (C=O) groups is 1. The van der Waals surface area contributed by atoms with Crippen LogP contribution in [0.5, 0.6) is 5.75 Å². The highest BCUT2D eigenvalue weighted by Crippen LogP contribution is 2.44. The number of anilines is 1. The number of carbonyl (C=O) groups excluding carboxylic acids is 1. The van der Waals surface area contributed by atoms with Gasteiger partial charge in [-0.25, -0.2) is 0 Å². The van der Waals surface area contributed by atoms with Gasteiger partial charge in [-0.2, -0.15) is 0 Å². The fourth-order valence-electron chi connectivity index (χ4n) is 4.61. The minimum absolute atomic E-state index is 0.0176. The van der Waals surface area contributed by atoms with E-state index in [4.69, 9.17) is 16.3 Å². The second-order valence-electron chi connectivity index (χ2n) is 8.06. The van der Waals surface area contributed by atoms with Crippen molar-refractivity contribution < 1.29 is 9.53 Å². The summed E-state index contributed by atoms with van der Waals surface area (Å²) in [4.78, 5) is 14.9. The monoisotopic (exact) mass is 441 g/mol. The summed E-state index contributed by atoms with van der Waals surface area (Å²) in [5.74, 6) is 0.965. The van der Waals surface area contributed by atoms with Crippen molar-refractivity contribution in [2.75, 3.05) is 11.4 Å².